The predicted octanol–water partition coefficient (Wildman–Crippen LogP) is 2.52. The molecule has 0 aromatic carbocycles. The molecule has 90 valence electrons. The number of nitrogens with zero attached hydrogens (tertiary/aromatic N) is 3. The van der Waals surface area contributed by atoms with Gasteiger partial charge in [-0.15, -0.1) is 11.3 Å². The molecule has 0 aliphatic heterocycles. The van der Waals surface area contributed by atoms with Crippen LogP contribution in [0.25, 0.3) is 0 Å². The molecule has 0 saturated carbocycles. The van der Waals surface area contributed by atoms with Crippen LogP contribution in [0.3, 0.4) is 0 Å². The first-order chi connectivity index (χ1) is 7.99. The zero-order valence-electron chi connectivity index (χ0n) is 9.44. The van der Waals surface area contributed by atoms with Gasteiger partial charge in [-0.05, 0) is 25.4 Å². The normalized spacial score (nSPS) is 11.5. The minimum Gasteiger partial charge on any atom is -0.394 e. The van der Waals surface area contributed by atoms with Gasteiger partial charge in [-0.2, -0.15) is 4.98 Å². The summed E-state index contributed by atoms with van der Waals surface area (Å²) in [5, 5.41) is 6.26. The molecule has 0 saturated heterocycles. The molecule has 0 unspecified atom stereocenters. The van der Waals surface area contributed by atoms with Gasteiger partial charge in [0.1, 0.15) is 5.01 Å². The van der Waals surface area contributed by atoms with Crippen LogP contribution in [0.5, 0.6) is 0 Å². The Morgan fingerprint density at radius 1 is 1.41 bits per heavy atom. The van der Waals surface area contributed by atoms with Crippen LogP contribution in [0, 0.1) is 0 Å². The van der Waals surface area contributed by atoms with Gasteiger partial charge in [0.2, 0.25) is 5.28 Å². The van der Waals surface area contributed by atoms with Crippen LogP contribution in [0.15, 0.2) is 17.8 Å². The van der Waals surface area contributed by atoms with Gasteiger partial charge < -0.3 is 11.1 Å². The Morgan fingerprint density at radius 2 is 2.18 bits per heavy atom. The molecule has 0 spiro atoms. The van der Waals surface area contributed by atoms with E-state index in [4.69, 9.17) is 17.3 Å². The molecular formula is C10H12ClN5S. The summed E-state index contributed by atoms with van der Waals surface area (Å²) < 4.78 is 0. The number of nitrogens with two attached hydrogens (primary N) is 1. The van der Waals surface area contributed by atoms with E-state index < -0.39 is 0 Å². The van der Waals surface area contributed by atoms with Crippen molar-refractivity contribution >= 4 is 34.4 Å². The number of nitrogen functional groups attached to an aromatic ring is 1. The van der Waals surface area contributed by atoms with Crippen molar-refractivity contribution in [3.05, 3.63) is 28.1 Å². The summed E-state index contributed by atoms with van der Waals surface area (Å²) >= 11 is 7.31. The van der Waals surface area contributed by atoms with Crippen molar-refractivity contribution < 1.29 is 0 Å². The Kier molecular flexibility index (Phi) is 3.17. The van der Waals surface area contributed by atoms with Gasteiger partial charge in [0, 0.05) is 11.6 Å². The number of rotatable bonds is 3. The maximum Gasteiger partial charge on any atom is 0.224 e. The standard InChI is InChI=1S/C10H12ClN5S/c1-10(2,8-13-3-4-17-8)16-7-6(12)5-14-9(11)15-7/h3-5H,12H2,1-2H3,(H,14,15,16). The van der Waals surface area contributed by atoms with Crippen molar-refractivity contribution in [2.24, 2.45) is 0 Å². The Morgan fingerprint density at radius 3 is 2.82 bits per heavy atom. The molecule has 0 aliphatic carbocycles. The second-order valence-electron chi connectivity index (χ2n) is 4.03. The molecule has 0 bridgehead atoms. The average Bonchev–Trinajstić information content (AvgIpc) is 2.77. The summed E-state index contributed by atoms with van der Waals surface area (Å²) in [7, 11) is 0. The van der Waals surface area contributed by atoms with E-state index in [1.807, 2.05) is 19.2 Å². The van der Waals surface area contributed by atoms with Crippen LogP contribution in [0.1, 0.15) is 18.9 Å². The third-order valence-corrected chi connectivity index (χ3v) is 3.46. The van der Waals surface area contributed by atoms with Gasteiger partial charge >= 0.3 is 0 Å². The molecule has 5 nitrogen and oxygen atoms in total. The van der Waals surface area contributed by atoms with Crippen molar-refractivity contribution in [2.45, 2.75) is 19.4 Å². The molecule has 2 rings (SSSR count). The largest absolute Gasteiger partial charge is 0.394 e. The third-order valence-electron chi connectivity index (χ3n) is 2.19. The van der Waals surface area contributed by atoms with Crippen LogP contribution in [0.4, 0.5) is 11.5 Å². The summed E-state index contributed by atoms with van der Waals surface area (Å²) in [6.07, 6.45) is 3.25. The van der Waals surface area contributed by atoms with Crippen LogP contribution in [0.2, 0.25) is 5.28 Å². The summed E-state index contributed by atoms with van der Waals surface area (Å²) in [4.78, 5) is 12.1. The highest BCUT2D eigenvalue weighted by Crippen LogP contribution is 2.28. The van der Waals surface area contributed by atoms with Crippen molar-refractivity contribution in [1.82, 2.24) is 15.0 Å². The molecule has 0 radical (unpaired) electrons. The summed E-state index contributed by atoms with van der Waals surface area (Å²) in [5.41, 5.74) is 5.88. The van der Waals surface area contributed by atoms with E-state index in [1.54, 1.807) is 17.5 Å². The van der Waals surface area contributed by atoms with Gasteiger partial charge in [0.05, 0.1) is 17.4 Å². The number of aromatic nitrogens is 3. The second kappa shape index (κ2) is 4.46. The van der Waals surface area contributed by atoms with E-state index in [9.17, 15) is 0 Å². The number of nitrogens with one attached hydrogen (secondary N) is 1. The fourth-order valence-electron chi connectivity index (χ4n) is 1.35. The topological polar surface area (TPSA) is 76.7 Å². The predicted molar refractivity (Wildman–Crippen MR) is 70.2 cm³/mol. The summed E-state index contributed by atoms with van der Waals surface area (Å²) in [5.74, 6) is 0.519. The molecule has 2 aromatic rings. The fraction of sp³-hybridized carbons (Fsp3) is 0.300. The lowest BCUT2D eigenvalue weighted by Gasteiger charge is -2.25. The minimum absolute atomic E-state index is 0.164. The highest BCUT2D eigenvalue weighted by Gasteiger charge is 2.24. The molecule has 0 fully saturated rings. The van der Waals surface area contributed by atoms with Crippen LogP contribution >= 0.6 is 22.9 Å². The summed E-state index contributed by atoms with van der Waals surface area (Å²) in [6, 6.07) is 0. The van der Waals surface area contributed by atoms with E-state index >= 15 is 0 Å². The van der Waals surface area contributed by atoms with E-state index in [0.717, 1.165) is 5.01 Å². The fourth-order valence-corrected chi connectivity index (χ4v) is 2.20. The number of halogens is 1. The smallest absolute Gasteiger partial charge is 0.224 e. The van der Waals surface area contributed by atoms with Gasteiger partial charge in [0.15, 0.2) is 5.82 Å². The first-order valence-electron chi connectivity index (χ1n) is 4.95. The molecule has 2 aromatic heterocycles. The van der Waals surface area contributed by atoms with Crippen molar-refractivity contribution in [2.75, 3.05) is 11.1 Å². The molecule has 17 heavy (non-hydrogen) atoms. The lowest BCUT2D eigenvalue weighted by Crippen LogP contribution is -2.28. The second-order valence-corrected chi connectivity index (χ2v) is 5.26. The van der Waals surface area contributed by atoms with Crippen molar-refractivity contribution in [3.8, 4) is 0 Å². The Balaban J connectivity index is 2.29. The first-order valence-corrected chi connectivity index (χ1v) is 6.21. The molecule has 7 heteroatoms. The lowest BCUT2D eigenvalue weighted by atomic mass is 10.1. The minimum atomic E-state index is -0.361. The molecule has 0 aliphatic rings. The van der Waals surface area contributed by atoms with E-state index in [1.165, 1.54) is 6.20 Å². The summed E-state index contributed by atoms with van der Waals surface area (Å²) in [6.45, 7) is 4.00. The number of hydrogen-bond donors (Lipinski definition) is 2. The Bertz CT molecular complexity index is 511. The Hall–Kier alpha value is -1.40. The van der Waals surface area contributed by atoms with E-state index in [2.05, 4.69) is 20.3 Å². The highest BCUT2D eigenvalue weighted by atomic mass is 35.5. The van der Waals surface area contributed by atoms with E-state index in [-0.39, 0.29) is 10.8 Å². The van der Waals surface area contributed by atoms with Gasteiger partial charge in [0.25, 0.3) is 0 Å². The first kappa shape index (κ1) is 12.1. The zero-order chi connectivity index (χ0) is 12.5. The maximum absolute atomic E-state index is 5.79. The SMILES string of the molecule is CC(C)(Nc1nc(Cl)ncc1N)c1nccs1. The third kappa shape index (κ3) is 2.65. The molecule has 0 amide bonds. The zero-order valence-corrected chi connectivity index (χ0v) is 11.0. The Labute approximate surface area is 108 Å². The van der Waals surface area contributed by atoms with E-state index in [0.29, 0.717) is 11.5 Å². The quantitative estimate of drug-likeness (QED) is 0.838. The van der Waals surface area contributed by atoms with Crippen molar-refractivity contribution in [1.29, 1.82) is 0 Å². The molecule has 3 N–H and O–H groups in total. The molecular weight excluding hydrogens is 258 g/mol. The monoisotopic (exact) mass is 269 g/mol. The van der Waals surface area contributed by atoms with Crippen molar-refractivity contribution in [3.63, 3.8) is 0 Å². The number of anilines is 2. The van der Waals surface area contributed by atoms with Gasteiger partial charge in [-0.25, -0.2) is 9.97 Å². The lowest BCUT2D eigenvalue weighted by molar-refractivity contribution is 0.601. The number of thiazole rings is 1. The molecule has 2 heterocycles. The van der Waals surface area contributed by atoms with Gasteiger partial charge in [-0.3, -0.25) is 0 Å². The molecule has 0 atom stereocenters. The van der Waals surface area contributed by atoms with Crippen LogP contribution in [-0.2, 0) is 5.54 Å². The average molecular weight is 270 g/mol. The van der Waals surface area contributed by atoms with Crippen LogP contribution in [-0.4, -0.2) is 15.0 Å². The number of hydrogen-bond acceptors (Lipinski definition) is 6. The highest BCUT2D eigenvalue weighted by molar-refractivity contribution is 7.09. The van der Waals surface area contributed by atoms with Gasteiger partial charge in [-0.1, -0.05) is 0 Å². The van der Waals surface area contributed by atoms with Crippen LogP contribution < -0.4 is 11.1 Å². The maximum atomic E-state index is 5.79.